The van der Waals surface area contributed by atoms with Crippen LogP contribution in [0.5, 0.6) is 0 Å². The first-order chi connectivity index (χ1) is 9.81. The van der Waals surface area contributed by atoms with Gasteiger partial charge in [0.05, 0.1) is 0 Å². The molecule has 20 heavy (non-hydrogen) atoms. The van der Waals surface area contributed by atoms with Crippen LogP contribution in [0.15, 0.2) is 66.3 Å². The fourth-order valence-electron chi connectivity index (χ4n) is 2.71. The van der Waals surface area contributed by atoms with Gasteiger partial charge in [0.1, 0.15) is 0 Å². The third-order valence-electron chi connectivity index (χ3n) is 3.87. The zero-order valence-electron chi connectivity index (χ0n) is 12.0. The molecule has 0 unspecified atom stereocenters. The molecule has 2 aromatic rings. The van der Waals surface area contributed by atoms with Crippen LogP contribution in [0.2, 0.25) is 0 Å². The lowest BCUT2D eigenvalue weighted by atomic mass is 9.94. The summed E-state index contributed by atoms with van der Waals surface area (Å²) in [5.41, 5.74) is 6.97. The van der Waals surface area contributed by atoms with E-state index in [4.69, 9.17) is 0 Å². The maximum atomic E-state index is 2.34. The van der Waals surface area contributed by atoms with Gasteiger partial charge >= 0.3 is 0 Å². The van der Waals surface area contributed by atoms with Crippen LogP contribution in [0.1, 0.15) is 35.6 Å². The summed E-state index contributed by atoms with van der Waals surface area (Å²) >= 11 is 0. The Hall–Kier alpha value is -2.08. The number of fused-ring (bicyclic) bond motifs is 1. The molecule has 0 atom stereocenters. The molecule has 0 aliphatic heterocycles. The van der Waals surface area contributed by atoms with Gasteiger partial charge in [0.25, 0.3) is 0 Å². The molecule has 0 saturated heterocycles. The van der Waals surface area contributed by atoms with Gasteiger partial charge in [-0.15, -0.1) is 0 Å². The Morgan fingerprint density at radius 1 is 0.900 bits per heavy atom. The highest BCUT2D eigenvalue weighted by molar-refractivity contribution is 5.58. The molecule has 0 bridgehead atoms. The van der Waals surface area contributed by atoms with E-state index >= 15 is 0 Å². The smallest absolute Gasteiger partial charge is 0.00256 e. The molecule has 0 spiro atoms. The minimum absolute atomic E-state index is 1.01. The molecule has 0 amide bonds. The first kappa shape index (κ1) is 12.9. The van der Waals surface area contributed by atoms with Crippen molar-refractivity contribution >= 4 is 6.08 Å². The van der Waals surface area contributed by atoms with Crippen molar-refractivity contribution in [2.24, 2.45) is 0 Å². The van der Waals surface area contributed by atoms with Crippen molar-refractivity contribution < 1.29 is 0 Å². The van der Waals surface area contributed by atoms with E-state index in [1.165, 1.54) is 27.8 Å². The average molecular weight is 260 g/mol. The second kappa shape index (κ2) is 5.92. The number of aryl methyl sites for hydroxylation is 1. The van der Waals surface area contributed by atoms with Crippen LogP contribution in [0.25, 0.3) is 6.08 Å². The van der Waals surface area contributed by atoms with Gasteiger partial charge in [0.2, 0.25) is 0 Å². The van der Waals surface area contributed by atoms with E-state index in [2.05, 4.69) is 73.7 Å². The predicted molar refractivity (Wildman–Crippen MR) is 86.8 cm³/mol. The quantitative estimate of drug-likeness (QED) is 0.697. The van der Waals surface area contributed by atoms with Crippen LogP contribution in [0, 0.1) is 0 Å². The van der Waals surface area contributed by atoms with Crippen LogP contribution >= 0.6 is 0 Å². The lowest BCUT2D eigenvalue weighted by Crippen LogP contribution is -1.95. The highest BCUT2D eigenvalue weighted by Gasteiger charge is 2.04. The summed E-state index contributed by atoms with van der Waals surface area (Å²) in [4.78, 5) is 0. The van der Waals surface area contributed by atoms with E-state index in [-0.39, 0.29) is 0 Å². The molecule has 0 heterocycles. The molecule has 0 nitrogen and oxygen atoms in total. The SMILES string of the molecule is CC1=C\CCc2ccc(Cc3ccccc3)cc2\C=C\1. The summed E-state index contributed by atoms with van der Waals surface area (Å²) in [6, 6.07) is 17.6. The highest BCUT2D eigenvalue weighted by atomic mass is 14.1. The maximum absolute atomic E-state index is 2.34. The molecule has 3 rings (SSSR count). The molecule has 2 aromatic carbocycles. The van der Waals surface area contributed by atoms with Crippen LogP contribution in [0.3, 0.4) is 0 Å². The first-order valence-corrected chi connectivity index (χ1v) is 7.32. The van der Waals surface area contributed by atoms with Crippen molar-refractivity contribution in [2.75, 3.05) is 0 Å². The zero-order valence-corrected chi connectivity index (χ0v) is 12.0. The Kier molecular flexibility index (Phi) is 3.83. The van der Waals surface area contributed by atoms with Gasteiger partial charge < -0.3 is 0 Å². The van der Waals surface area contributed by atoms with E-state index in [0.29, 0.717) is 0 Å². The zero-order chi connectivity index (χ0) is 13.8. The molecular formula is C20H20. The predicted octanol–water partition coefficient (Wildman–Crippen LogP) is 5.18. The third kappa shape index (κ3) is 3.08. The van der Waals surface area contributed by atoms with Crippen molar-refractivity contribution in [1.82, 2.24) is 0 Å². The molecule has 1 aliphatic carbocycles. The number of allylic oxidation sites excluding steroid dienone is 3. The second-order valence-corrected chi connectivity index (χ2v) is 5.52. The summed E-state index contributed by atoms with van der Waals surface area (Å²) in [5.74, 6) is 0. The monoisotopic (exact) mass is 260 g/mol. The Labute approximate surface area is 121 Å². The van der Waals surface area contributed by atoms with Crippen molar-refractivity contribution in [3.63, 3.8) is 0 Å². The van der Waals surface area contributed by atoms with E-state index in [1.807, 2.05) is 0 Å². The van der Waals surface area contributed by atoms with E-state index in [9.17, 15) is 0 Å². The topological polar surface area (TPSA) is 0 Å². The summed E-state index contributed by atoms with van der Waals surface area (Å²) in [6.45, 7) is 2.18. The largest absolute Gasteiger partial charge is 0.0813 e. The Balaban J connectivity index is 1.89. The van der Waals surface area contributed by atoms with E-state index in [0.717, 1.165) is 19.3 Å². The van der Waals surface area contributed by atoms with Gasteiger partial charge in [-0.1, -0.05) is 72.3 Å². The molecule has 100 valence electrons. The van der Waals surface area contributed by atoms with Crippen molar-refractivity contribution in [3.8, 4) is 0 Å². The van der Waals surface area contributed by atoms with Gasteiger partial charge in [0.15, 0.2) is 0 Å². The normalized spacial score (nSPS) is 18.4. The Morgan fingerprint density at radius 2 is 1.75 bits per heavy atom. The molecule has 0 radical (unpaired) electrons. The molecule has 0 saturated carbocycles. The highest BCUT2D eigenvalue weighted by Crippen LogP contribution is 2.21. The lowest BCUT2D eigenvalue weighted by molar-refractivity contribution is 0.983. The second-order valence-electron chi connectivity index (χ2n) is 5.52. The van der Waals surface area contributed by atoms with Crippen LogP contribution in [0.4, 0.5) is 0 Å². The molecule has 0 aromatic heterocycles. The van der Waals surface area contributed by atoms with Crippen LogP contribution in [-0.4, -0.2) is 0 Å². The molecule has 0 N–H and O–H groups in total. The van der Waals surface area contributed by atoms with Gasteiger partial charge in [-0.2, -0.15) is 0 Å². The third-order valence-corrected chi connectivity index (χ3v) is 3.87. The van der Waals surface area contributed by atoms with Gasteiger partial charge in [0, 0.05) is 0 Å². The summed E-state index contributed by atoms with van der Waals surface area (Å²) in [6.07, 6.45) is 10.1. The van der Waals surface area contributed by atoms with Crippen molar-refractivity contribution in [2.45, 2.75) is 26.2 Å². The molecule has 1 aliphatic rings. The average Bonchev–Trinajstić information content (AvgIpc) is 2.46. The molecule has 0 fully saturated rings. The van der Waals surface area contributed by atoms with Gasteiger partial charge in [-0.3, -0.25) is 0 Å². The first-order valence-electron chi connectivity index (χ1n) is 7.32. The summed E-state index contributed by atoms with van der Waals surface area (Å²) in [5, 5.41) is 0. The van der Waals surface area contributed by atoms with Crippen LogP contribution < -0.4 is 0 Å². The standard InChI is InChI=1S/C20H20/c1-16-6-5-9-19-13-11-18(15-20(19)12-10-16)14-17-7-3-2-4-8-17/h2-4,6-8,10-13,15H,5,9,14H2,1H3/b12-10+,16-6+. The minimum Gasteiger partial charge on any atom is -0.0813 e. The Bertz CT molecular complexity index is 645. The minimum atomic E-state index is 1.01. The van der Waals surface area contributed by atoms with E-state index < -0.39 is 0 Å². The lowest BCUT2D eigenvalue weighted by Gasteiger charge is -2.11. The number of rotatable bonds is 2. The van der Waals surface area contributed by atoms with E-state index in [1.54, 1.807) is 0 Å². The van der Waals surface area contributed by atoms with Crippen molar-refractivity contribution in [3.05, 3.63) is 88.5 Å². The number of hydrogen-bond acceptors (Lipinski definition) is 0. The van der Waals surface area contributed by atoms with Crippen molar-refractivity contribution in [1.29, 1.82) is 0 Å². The maximum Gasteiger partial charge on any atom is -0.00256 e. The number of hydrogen-bond donors (Lipinski definition) is 0. The fraction of sp³-hybridized carbons (Fsp3) is 0.200. The van der Waals surface area contributed by atoms with Gasteiger partial charge in [-0.25, -0.2) is 0 Å². The fourth-order valence-corrected chi connectivity index (χ4v) is 2.71. The van der Waals surface area contributed by atoms with Crippen LogP contribution in [-0.2, 0) is 12.8 Å². The number of benzene rings is 2. The molecule has 0 heteroatoms. The van der Waals surface area contributed by atoms with Gasteiger partial charge in [-0.05, 0) is 48.4 Å². The summed E-state index contributed by atoms with van der Waals surface area (Å²) in [7, 11) is 0. The molecular weight excluding hydrogens is 240 g/mol. The Morgan fingerprint density at radius 3 is 2.60 bits per heavy atom. The summed E-state index contributed by atoms with van der Waals surface area (Å²) < 4.78 is 0.